The van der Waals surface area contributed by atoms with Crippen molar-refractivity contribution in [3.8, 4) is 5.75 Å². The molecule has 0 saturated carbocycles. The van der Waals surface area contributed by atoms with E-state index in [4.69, 9.17) is 16.6 Å². The Bertz CT molecular complexity index is 955. The Morgan fingerprint density at radius 2 is 1.47 bits per heavy atom. The van der Waals surface area contributed by atoms with Gasteiger partial charge in [-0.3, -0.25) is 19.2 Å². The topological polar surface area (TPSA) is 254 Å². The third-order valence-electron chi connectivity index (χ3n) is 5.63. The lowest BCUT2D eigenvalue weighted by atomic mass is 10.0. The zero-order chi connectivity index (χ0) is 28.8. The first-order chi connectivity index (χ1) is 17.8. The van der Waals surface area contributed by atoms with Crippen molar-refractivity contribution in [1.29, 1.82) is 0 Å². The molecule has 0 radical (unpaired) electrons. The van der Waals surface area contributed by atoms with Gasteiger partial charge in [0, 0.05) is 6.42 Å². The van der Waals surface area contributed by atoms with Crippen LogP contribution in [0, 0.1) is 0 Å². The number of unbranched alkanes of at least 4 members (excludes halogenated alkanes) is 1. The number of aliphatic hydroxyl groups is 1. The number of aliphatic carboxylic acids is 2. The van der Waals surface area contributed by atoms with Crippen LogP contribution in [0.4, 0.5) is 0 Å². The summed E-state index contributed by atoms with van der Waals surface area (Å²) in [5.41, 5.74) is 12.0. The van der Waals surface area contributed by atoms with Gasteiger partial charge < -0.3 is 47.8 Å². The third kappa shape index (κ3) is 11.5. The molecule has 1 aromatic rings. The molecule has 11 N–H and O–H groups in total. The lowest BCUT2D eigenvalue weighted by molar-refractivity contribution is -0.143. The summed E-state index contributed by atoms with van der Waals surface area (Å²) in [5.74, 6) is -5.22. The van der Waals surface area contributed by atoms with Crippen LogP contribution in [0.15, 0.2) is 24.3 Å². The fourth-order valence-corrected chi connectivity index (χ4v) is 3.46. The van der Waals surface area contributed by atoms with Crippen molar-refractivity contribution in [3.05, 3.63) is 29.8 Å². The third-order valence-corrected chi connectivity index (χ3v) is 5.63. The first kappa shape index (κ1) is 32.3. The average Bonchev–Trinajstić information content (AvgIpc) is 2.84. The smallest absolute Gasteiger partial charge is 0.326 e. The van der Waals surface area contributed by atoms with Gasteiger partial charge in [0.05, 0.1) is 12.1 Å². The fourth-order valence-electron chi connectivity index (χ4n) is 3.46. The molecule has 0 spiro atoms. The van der Waals surface area contributed by atoms with E-state index in [0.717, 1.165) is 0 Å². The Morgan fingerprint density at radius 1 is 0.868 bits per heavy atom. The summed E-state index contributed by atoms with van der Waals surface area (Å²) in [6.45, 7) is 1.54. The second-order valence-corrected chi connectivity index (χ2v) is 8.88. The SMILES string of the molecule is CC(O)C(NC(=O)C(CCC(=O)O)NC(=O)C(N)Cc1ccc(O)cc1)C(=O)NC(CCCCN)C(=O)O. The number of rotatable bonds is 17. The molecule has 0 saturated heterocycles. The number of benzene rings is 1. The molecule has 3 amide bonds. The van der Waals surface area contributed by atoms with Gasteiger partial charge in [0.2, 0.25) is 17.7 Å². The predicted octanol–water partition coefficient (Wildman–Crippen LogP) is -1.82. The van der Waals surface area contributed by atoms with Crippen LogP contribution in [0.5, 0.6) is 5.75 Å². The molecule has 0 aromatic heterocycles. The highest BCUT2D eigenvalue weighted by Crippen LogP contribution is 2.11. The van der Waals surface area contributed by atoms with E-state index in [1.165, 1.54) is 19.1 Å². The van der Waals surface area contributed by atoms with E-state index in [1.54, 1.807) is 12.1 Å². The van der Waals surface area contributed by atoms with E-state index < -0.39 is 66.4 Å². The number of hydrogen-bond donors (Lipinski definition) is 9. The quantitative estimate of drug-likeness (QED) is 0.0995. The molecule has 212 valence electrons. The Morgan fingerprint density at radius 3 is 2.00 bits per heavy atom. The molecule has 5 unspecified atom stereocenters. The molecule has 0 fully saturated rings. The Labute approximate surface area is 219 Å². The summed E-state index contributed by atoms with van der Waals surface area (Å²) in [7, 11) is 0. The second-order valence-electron chi connectivity index (χ2n) is 8.88. The van der Waals surface area contributed by atoms with Crippen molar-refractivity contribution in [1.82, 2.24) is 16.0 Å². The Kier molecular flexibility index (Phi) is 13.7. The second kappa shape index (κ2) is 16.2. The van der Waals surface area contributed by atoms with Crippen LogP contribution in [0.3, 0.4) is 0 Å². The van der Waals surface area contributed by atoms with Crippen LogP contribution in [0.2, 0.25) is 0 Å². The molecule has 1 rings (SSSR count). The summed E-state index contributed by atoms with van der Waals surface area (Å²) in [6.07, 6.45) is -1.20. The monoisotopic (exact) mass is 539 g/mol. The summed E-state index contributed by atoms with van der Waals surface area (Å²) in [4.78, 5) is 60.9. The highest BCUT2D eigenvalue weighted by atomic mass is 16.4. The molecular weight excluding hydrogens is 502 g/mol. The maximum Gasteiger partial charge on any atom is 0.326 e. The largest absolute Gasteiger partial charge is 0.508 e. The van der Waals surface area contributed by atoms with Crippen LogP contribution in [0.25, 0.3) is 0 Å². The van der Waals surface area contributed by atoms with Gasteiger partial charge in [-0.2, -0.15) is 0 Å². The molecule has 38 heavy (non-hydrogen) atoms. The number of nitrogens with two attached hydrogens (primary N) is 2. The van der Waals surface area contributed by atoms with Crippen LogP contribution >= 0.6 is 0 Å². The first-order valence-electron chi connectivity index (χ1n) is 12.1. The van der Waals surface area contributed by atoms with Gasteiger partial charge in [0.15, 0.2) is 0 Å². The number of aliphatic hydroxyl groups excluding tert-OH is 1. The highest BCUT2D eigenvalue weighted by molar-refractivity contribution is 5.94. The average molecular weight is 540 g/mol. The van der Waals surface area contributed by atoms with Crippen molar-refractivity contribution >= 4 is 29.7 Å². The zero-order valence-corrected chi connectivity index (χ0v) is 21.1. The number of phenols is 1. The van der Waals surface area contributed by atoms with Crippen molar-refractivity contribution < 1.29 is 44.4 Å². The van der Waals surface area contributed by atoms with Gasteiger partial charge in [0.25, 0.3) is 0 Å². The number of carboxylic acid groups (broad SMARTS) is 2. The molecule has 14 nitrogen and oxygen atoms in total. The van der Waals surface area contributed by atoms with E-state index in [-0.39, 0.29) is 25.0 Å². The van der Waals surface area contributed by atoms with Gasteiger partial charge in [-0.25, -0.2) is 4.79 Å². The lowest BCUT2D eigenvalue weighted by Gasteiger charge is -2.26. The zero-order valence-electron chi connectivity index (χ0n) is 21.1. The molecule has 5 atom stereocenters. The molecule has 0 bridgehead atoms. The Balaban J connectivity index is 2.94. The van der Waals surface area contributed by atoms with Gasteiger partial charge in [-0.1, -0.05) is 12.1 Å². The number of phenolic OH excluding ortho intramolecular Hbond substituents is 1. The van der Waals surface area contributed by atoms with Crippen molar-refractivity contribution in [2.45, 2.75) is 75.7 Å². The minimum Gasteiger partial charge on any atom is -0.508 e. The highest BCUT2D eigenvalue weighted by Gasteiger charge is 2.32. The summed E-state index contributed by atoms with van der Waals surface area (Å²) < 4.78 is 0. The predicted molar refractivity (Wildman–Crippen MR) is 135 cm³/mol. The van der Waals surface area contributed by atoms with E-state index >= 15 is 0 Å². The van der Waals surface area contributed by atoms with Crippen LogP contribution in [-0.2, 0) is 30.4 Å². The summed E-state index contributed by atoms with van der Waals surface area (Å²) in [6, 6.07) is 0.529. The molecule has 1 aromatic carbocycles. The maximum atomic E-state index is 13.0. The normalized spacial score (nSPS) is 14.8. The van der Waals surface area contributed by atoms with Crippen LogP contribution < -0.4 is 27.4 Å². The fraction of sp³-hybridized carbons (Fsp3) is 0.542. The first-order valence-corrected chi connectivity index (χ1v) is 12.1. The number of amides is 3. The lowest BCUT2D eigenvalue weighted by Crippen LogP contribution is -2.60. The number of hydrogen-bond acceptors (Lipinski definition) is 9. The molecular formula is C24H37N5O9. The van der Waals surface area contributed by atoms with Crippen molar-refractivity contribution in [3.63, 3.8) is 0 Å². The molecule has 0 aliphatic heterocycles. The van der Waals surface area contributed by atoms with Gasteiger partial charge in [0.1, 0.15) is 23.9 Å². The van der Waals surface area contributed by atoms with E-state index in [1.807, 2.05) is 0 Å². The standard InChI is InChI=1S/C24H37N5O9/c1-13(30)20(23(36)28-18(24(37)38)4-2-3-11-25)29-22(35)17(9-10-19(32)33)27-21(34)16(26)12-14-5-7-15(31)8-6-14/h5-8,13,16-18,20,30-31H,2-4,9-12,25-26H2,1H3,(H,27,34)(H,28,36)(H,29,35)(H,32,33)(H,37,38). The Hall–Kier alpha value is -3.75. The molecule has 0 aliphatic carbocycles. The molecule has 0 heterocycles. The minimum atomic E-state index is -1.59. The van der Waals surface area contributed by atoms with Crippen molar-refractivity contribution in [2.24, 2.45) is 11.5 Å². The number of nitrogens with one attached hydrogen (secondary N) is 3. The molecule has 0 aliphatic rings. The number of aromatic hydroxyl groups is 1. The van der Waals surface area contributed by atoms with E-state index in [0.29, 0.717) is 24.9 Å². The number of carbonyl (C=O) groups excluding carboxylic acids is 3. The van der Waals surface area contributed by atoms with Gasteiger partial charge in [-0.05, 0) is 63.3 Å². The molecule has 14 heteroatoms. The van der Waals surface area contributed by atoms with Crippen molar-refractivity contribution in [2.75, 3.05) is 6.54 Å². The minimum absolute atomic E-state index is 0.0270. The summed E-state index contributed by atoms with van der Waals surface area (Å²) in [5, 5.41) is 44.8. The van der Waals surface area contributed by atoms with Gasteiger partial charge >= 0.3 is 11.9 Å². The van der Waals surface area contributed by atoms with Crippen LogP contribution in [0.1, 0.15) is 44.6 Å². The maximum absolute atomic E-state index is 13.0. The van der Waals surface area contributed by atoms with Crippen LogP contribution in [-0.4, -0.2) is 86.9 Å². The number of carboxylic acids is 2. The summed E-state index contributed by atoms with van der Waals surface area (Å²) >= 11 is 0. The van der Waals surface area contributed by atoms with E-state index in [2.05, 4.69) is 16.0 Å². The van der Waals surface area contributed by atoms with E-state index in [9.17, 15) is 39.3 Å². The van der Waals surface area contributed by atoms with Gasteiger partial charge in [-0.15, -0.1) is 0 Å². The number of carbonyl (C=O) groups is 5.